The second-order valence-electron chi connectivity index (χ2n) is 20.2. The second kappa shape index (κ2) is 33.2. The summed E-state index contributed by atoms with van der Waals surface area (Å²) in [5.74, 6) is -95.7. The highest BCUT2D eigenvalue weighted by molar-refractivity contribution is 6.75. The molecular weight excluding hydrogens is 1420 g/mol. The van der Waals surface area contributed by atoms with Crippen LogP contribution in [-0.4, -0.2) is 204 Å². The first-order valence-electron chi connectivity index (χ1n) is 25.9. The van der Waals surface area contributed by atoms with E-state index in [1.54, 1.807) is 11.9 Å². The highest BCUT2D eigenvalue weighted by atomic mass is 28.5. The summed E-state index contributed by atoms with van der Waals surface area (Å²) in [4.78, 5) is 69.2. The lowest BCUT2D eigenvalue weighted by molar-refractivity contribution is -0.452. The third-order valence-electron chi connectivity index (χ3n) is 12.1. The highest BCUT2D eigenvalue weighted by Gasteiger charge is 2.94. The van der Waals surface area contributed by atoms with Gasteiger partial charge in [-0.2, -0.15) is 132 Å². The van der Waals surface area contributed by atoms with Gasteiger partial charge in [-0.05, 0) is 50.7 Å². The summed E-state index contributed by atoms with van der Waals surface area (Å²) < 4.78 is 429. The number of alkyl halides is 30. The van der Waals surface area contributed by atoms with Crippen molar-refractivity contribution in [3.05, 3.63) is 23.8 Å². The fourth-order valence-electron chi connectivity index (χ4n) is 6.75. The summed E-state index contributed by atoms with van der Waals surface area (Å²) in [5, 5.41) is 10.2. The Bertz CT molecular complexity index is 2250. The smallest absolute Gasteiger partial charge is 0.411 e. The van der Waals surface area contributed by atoms with Crippen LogP contribution in [0.3, 0.4) is 0 Å². The van der Waals surface area contributed by atoms with Gasteiger partial charge in [0.2, 0.25) is 0 Å². The van der Waals surface area contributed by atoms with Crippen LogP contribution in [0.5, 0.6) is 0 Å². The lowest BCUT2D eigenvalue weighted by atomic mass is 9.87. The third-order valence-corrected chi connectivity index (χ3v) is 21.9. The molecule has 0 saturated heterocycles. The first kappa shape index (κ1) is 90.6. The van der Waals surface area contributed by atoms with Crippen LogP contribution in [0.25, 0.3) is 0 Å². The van der Waals surface area contributed by atoms with Gasteiger partial charge in [-0.1, -0.05) is 45.4 Å². The van der Waals surface area contributed by atoms with Crippen LogP contribution in [-0.2, 0) is 8.23 Å². The fraction of sp³-hybridized carbons (Fsp3) is 0.905. The van der Waals surface area contributed by atoms with E-state index >= 15 is 0 Å². The summed E-state index contributed by atoms with van der Waals surface area (Å²) in [7, 11) is -19.2. The summed E-state index contributed by atoms with van der Waals surface area (Å²) in [6.45, 7) is 1.27. The predicted octanol–water partition coefficient (Wildman–Crippen LogP) is 11.2. The van der Waals surface area contributed by atoms with Gasteiger partial charge in [0.05, 0.1) is 0 Å². The standard InChI is InChI=1S/C22H43F8N3O4Si2.C20H21F24NO5Si2/c1-3-4-5-6-7-8-17-38(2,34)37-39(35,36)18-9-11-31-13-15-33-16-14-32-12-10-19(23)20(24,25)21(26,27)22(28,29)30;1-10(22,23)13(28,29)16(34,35)18(38,39)19(40,41)17(36,37)14(30,31)11(24,25)4-8-52(48,49)50-51(46,47)7-2-5-45-6-3-9(21)12(26,27)15(32,33)20(42,43)44/h10,31-36H,3-9,11-18H2,1-2H3;3,45-49H,2,4-8H2,1H3/b19-10-;9-3-. The Labute approximate surface area is 499 Å². The van der Waals surface area contributed by atoms with Gasteiger partial charge in [0.15, 0.2) is 11.7 Å². The first-order valence-corrected chi connectivity index (χ1v) is 34.5. The van der Waals surface area contributed by atoms with Gasteiger partial charge in [-0.25, -0.2) is 8.78 Å². The van der Waals surface area contributed by atoms with Crippen molar-refractivity contribution in [2.45, 2.75) is 186 Å². The van der Waals surface area contributed by atoms with Gasteiger partial charge in [0.1, 0.15) is 0 Å². The molecule has 0 rings (SSSR count). The Morgan fingerprint density at radius 1 is 0.363 bits per heavy atom. The van der Waals surface area contributed by atoms with Gasteiger partial charge in [0.25, 0.3) is 0 Å². The monoisotopic (exact) mass is 1490 g/mol. The van der Waals surface area contributed by atoms with Crippen LogP contribution in [0.2, 0.25) is 30.7 Å². The molecule has 0 aromatic heterocycles. The van der Waals surface area contributed by atoms with E-state index in [9.17, 15) is 174 Å². The second-order valence-corrected chi connectivity index (χ2v) is 30.6. The van der Waals surface area contributed by atoms with Crippen molar-refractivity contribution in [2.24, 2.45) is 0 Å². The summed E-state index contributed by atoms with van der Waals surface area (Å²) in [6, 6.07) is -3.47. The van der Waals surface area contributed by atoms with Crippen molar-refractivity contribution in [2.75, 3.05) is 52.4 Å². The van der Waals surface area contributed by atoms with E-state index in [-0.39, 0.29) is 25.2 Å². The average Bonchev–Trinajstić information content (AvgIpc) is 0.700. The van der Waals surface area contributed by atoms with Crippen molar-refractivity contribution >= 4 is 35.0 Å². The third kappa shape index (κ3) is 24.3. The molecule has 0 aromatic rings. The number of allylic oxidation sites excluding steroid dienone is 2. The lowest BCUT2D eigenvalue weighted by Crippen LogP contribution is -2.74. The largest absolute Gasteiger partial charge is 0.488 e. The molecule has 91 heavy (non-hydrogen) atoms. The van der Waals surface area contributed by atoms with E-state index in [0.717, 1.165) is 32.1 Å². The molecule has 0 aliphatic carbocycles. The van der Waals surface area contributed by atoms with Crippen molar-refractivity contribution in [1.29, 1.82) is 0 Å². The van der Waals surface area contributed by atoms with Gasteiger partial charge < -0.3 is 63.1 Å². The topological polar surface area (TPSA) is 208 Å². The maximum atomic E-state index is 14.1. The van der Waals surface area contributed by atoms with E-state index in [2.05, 4.69) is 27.0 Å². The van der Waals surface area contributed by atoms with E-state index in [1.165, 1.54) is 6.42 Å². The molecule has 0 saturated carbocycles. The van der Waals surface area contributed by atoms with Gasteiger partial charge in [-0.3, -0.25) is 0 Å². The van der Waals surface area contributed by atoms with E-state index in [4.69, 9.17) is 4.12 Å². The SMILES string of the molecule is CC(F)(F)C(F)(F)C(F)(F)C(F)(F)C(F)(F)C(F)(F)C(F)(F)C(F)(F)CC[Si](O)(O)O[Si](O)(O)CCCNC/C=C(\F)C(F)(F)C(F)(F)C(F)(F)F.CCCCCCCC[Si](C)(O)O[Si](O)(O)CCCNCCNCCNC/C=C(\F)C(F)(F)C(F)(F)C(F)(F)F. The lowest BCUT2D eigenvalue weighted by Gasteiger charge is -2.43. The van der Waals surface area contributed by atoms with Crippen molar-refractivity contribution < 1.29 is 182 Å². The summed E-state index contributed by atoms with van der Waals surface area (Å²) in [5.41, 5.74) is 0. The molecule has 0 bridgehead atoms. The predicted molar refractivity (Wildman–Crippen MR) is 260 cm³/mol. The van der Waals surface area contributed by atoms with Crippen LogP contribution in [0.15, 0.2) is 23.8 Å². The Hall–Kier alpha value is -2.41. The molecule has 0 fully saturated rings. The molecule has 546 valence electrons. The Balaban J connectivity index is 0. The van der Waals surface area contributed by atoms with Crippen molar-refractivity contribution in [3.8, 4) is 0 Å². The zero-order chi connectivity index (χ0) is 72.7. The molecule has 0 aliphatic rings. The zero-order valence-corrected chi connectivity index (χ0v) is 51.0. The maximum Gasteiger partial charge on any atom is 0.488 e. The molecule has 11 N–H and O–H groups in total. The van der Waals surface area contributed by atoms with Gasteiger partial charge in [-0.15, -0.1) is 0 Å². The number of hydrogen-bond acceptors (Lipinski definition) is 13. The molecule has 49 heteroatoms. The fourth-order valence-corrected chi connectivity index (χ4v) is 16.1. The summed E-state index contributed by atoms with van der Waals surface area (Å²) >= 11 is 0. The van der Waals surface area contributed by atoms with Gasteiger partial charge >= 0.3 is 118 Å². The van der Waals surface area contributed by atoms with Crippen LogP contribution < -0.4 is 21.3 Å². The molecule has 0 spiro atoms. The molecule has 13 nitrogen and oxygen atoms in total. The normalized spacial score (nSPS) is 16.1. The van der Waals surface area contributed by atoms with E-state index in [0.29, 0.717) is 32.1 Å². The number of unbranched alkanes of at least 4 members (excludes halogenated alkanes) is 5. The highest BCUT2D eigenvalue weighted by Crippen LogP contribution is 2.64. The van der Waals surface area contributed by atoms with E-state index in [1.807, 2.05) is 0 Å². The quantitative estimate of drug-likeness (QED) is 0.0156. The molecule has 0 amide bonds. The first-order chi connectivity index (χ1) is 40.2. The molecular formula is C42H64F32N4O9Si4. The maximum absolute atomic E-state index is 14.1. The van der Waals surface area contributed by atoms with Crippen LogP contribution >= 0.6 is 0 Å². The molecule has 0 aromatic carbocycles. The minimum Gasteiger partial charge on any atom is -0.411 e. The molecule has 1 atom stereocenters. The van der Waals surface area contributed by atoms with Crippen LogP contribution in [0, 0.1) is 0 Å². The Morgan fingerprint density at radius 3 is 1.05 bits per heavy atom. The molecule has 0 radical (unpaired) electrons. The Kier molecular flexibility index (Phi) is 33.1. The van der Waals surface area contributed by atoms with Crippen LogP contribution in [0.4, 0.5) is 140 Å². The van der Waals surface area contributed by atoms with Crippen molar-refractivity contribution in [3.63, 3.8) is 0 Å². The number of hydrogen-bond donors (Lipinski definition) is 11. The minimum absolute atomic E-state index is 0.0228. The molecule has 0 heterocycles. The number of halogens is 32. The van der Waals surface area contributed by atoms with Gasteiger partial charge in [0, 0.05) is 70.7 Å². The minimum atomic E-state index is -8.74. The Morgan fingerprint density at radius 2 is 0.670 bits per heavy atom. The molecule has 1 unspecified atom stereocenters. The molecule has 0 aliphatic heterocycles. The number of nitrogens with one attached hydrogen (secondary N) is 4. The van der Waals surface area contributed by atoms with E-state index < -0.39 is 188 Å². The van der Waals surface area contributed by atoms with Crippen LogP contribution in [0.1, 0.15) is 71.6 Å². The zero-order valence-electron chi connectivity index (χ0n) is 47.0. The van der Waals surface area contributed by atoms with Crippen molar-refractivity contribution in [1.82, 2.24) is 21.3 Å². The number of rotatable bonds is 43. The average molecular weight is 1490 g/mol. The summed E-state index contributed by atoms with van der Waals surface area (Å²) in [6.07, 6.45) is -11.6.